The molecular weight excluding hydrogens is 258 g/mol. The molecule has 0 aliphatic heterocycles. The number of benzene rings is 1. The number of amides is 1. The quantitative estimate of drug-likeness (QED) is 0.717. The maximum Gasteiger partial charge on any atom is 0.310 e. The Kier molecular flexibility index (Phi) is 6.73. The zero-order valence-electron chi connectivity index (χ0n) is 11.9. The summed E-state index contributed by atoms with van der Waals surface area (Å²) in [6.07, 6.45) is 1.95. The Morgan fingerprint density at radius 2 is 2.15 bits per heavy atom. The van der Waals surface area contributed by atoms with Gasteiger partial charge in [0.15, 0.2) is 0 Å². The summed E-state index contributed by atoms with van der Waals surface area (Å²) in [5.41, 5.74) is 1.24. The Labute approximate surface area is 118 Å². The van der Waals surface area contributed by atoms with Crippen LogP contribution in [-0.2, 0) is 14.3 Å². The van der Waals surface area contributed by atoms with Crippen molar-refractivity contribution in [3.05, 3.63) is 29.8 Å². The number of hydrogen-bond donors (Lipinski definition) is 2. The average molecular weight is 279 g/mol. The molecule has 1 amide bonds. The molecule has 2 N–H and O–H groups in total. The molecular formula is C15H21NO4. The molecule has 0 saturated heterocycles. The van der Waals surface area contributed by atoms with Gasteiger partial charge in [0, 0.05) is 12.3 Å². The molecule has 1 rings (SSSR count). The highest BCUT2D eigenvalue weighted by atomic mass is 16.5. The lowest BCUT2D eigenvalue weighted by Crippen LogP contribution is -2.19. The number of ether oxygens (including phenoxy) is 1. The summed E-state index contributed by atoms with van der Waals surface area (Å²) in [6.45, 7) is 4.24. The molecule has 1 aromatic carbocycles. The van der Waals surface area contributed by atoms with Crippen molar-refractivity contribution in [2.75, 3.05) is 18.5 Å². The predicted octanol–water partition coefficient (Wildman–Crippen LogP) is 2.63. The van der Waals surface area contributed by atoms with Crippen LogP contribution in [-0.4, -0.2) is 30.2 Å². The van der Waals surface area contributed by atoms with Gasteiger partial charge in [0.2, 0.25) is 5.91 Å². The maximum absolute atomic E-state index is 11.6. The highest BCUT2D eigenvalue weighted by Gasteiger charge is 2.14. The van der Waals surface area contributed by atoms with Gasteiger partial charge in [0.25, 0.3) is 0 Å². The molecule has 1 aromatic rings. The molecule has 110 valence electrons. The van der Waals surface area contributed by atoms with Crippen LogP contribution in [0.15, 0.2) is 24.3 Å². The van der Waals surface area contributed by atoms with Gasteiger partial charge in [-0.15, -0.1) is 0 Å². The highest BCUT2D eigenvalue weighted by molar-refractivity contribution is 5.92. The third-order valence-corrected chi connectivity index (χ3v) is 2.92. The number of carbonyl (C=O) groups excluding carboxylic acids is 1. The van der Waals surface area contributed by atoms with Gasteiger partial charge in [-0.3, -0.25) is 9.59 Å². The zero-order valence-corrected chi connectivity index (χ0v) is 11.9. The SMILES string of the molecule is CCCCOCC(=O)Nc1cccc(C(C)C(=O)O)c1. The fourth-order valence-corrected chi connectivity index (χ4v) is 1.64. The molecule has 0 heterocycles. The zero-order chi connectivity index (χ0) is 15.0. The van der Waals surface area contributed by atoms with Crippen LogP contribution in [0.2, 0.25) is 0 Å². The molecule has 20 heavy (non-hydrogen) atoms. The summed E-state index contributed by atoms with van der Waals surface area (Å²) in [6, 6.07) is 6.85. The summed E-state index contributed by atoms with van der Waals surface area (Å²) in [5, 5.41) is 11.7. The first-order valence-electron chi connectivity index (χ1n) is 6.75. The van der Waals surface area contributed by atoms with E-state index in [1.807, 2.05) is 0 Å². The van der Waals surface area contributed by atoms with Crippen molar-refractivity contribution < 1.29 is 19.4 Å². The van der Waals surface area contributed by atoms with E-state index in [0.29, 0.717) is 17.9 Å². The van der Waals surface area contributed by atoms with Crippen LogP contribution in [0.25, 0.3) is 0 Å². The Morgan fingerprint density at radius 1 is 1.40 bits per heavy atom. The van der Waals surface area contributed by atoms with E-state index in [2.05, 4.69) is 12.2 Å². The van der Waals surface area contributed by atoms with Crippen molar-refractivity contribution in [3.63, 3.8) is 0 Å². The van der Waals surface area contributed by atoms with Crippen LogP contribution in [0.3, 0.4) is 0 Å². The monoisotopic (exact) mass is 279 g/mol. The van der Waals surface area contributed by atoms with Crippen molar-refractivity contribution in [2.45, 2.75) is 32.6 Å². The van der Waals surface area contributed by atoms with Gasteiger partial charge in [-0.05, 0) is 31.0 Å². The molecule has 0 aliphatic carbocycles. The first-order chi connectivity index (χ1) is 9.54. The van der Waals surface area contributed by atoms with E-state index in [4.69, 9.17) is 9.84 Å². The van der Waals surface area contributed by atoms with E-state index in [1.165, 1.54) is 0 Å². The van der Waals surface area contributed by atoms with E-state index in [1.54, 1.807) is 31.2 Å². The van der Waals surface area contributed by atoms with Crippen molar-refractivity contribution in [2.24, 2.45) is 0 Å². The topological polar surface area (TPSA) is 75.6 Å². The van der Waals surface area contributed by atoms with Crippen molar-refractivity contribution >= 4 is 17.6 Å². The van der Waals surface area contributed by atoms with Crippen molar-refractivity contribution in [3.8, 4) is 0 Å². The molecule has 5 heteroatoms. The van der Waals surface area contributed by atoms with E-state index in [-0.39, 0.29) is 12.5 Å². The lowest BCUT2D eigenvalue weighted by Gasteiger charge is -2.10. The van der Waals surface area contributed by atoms with Crippen LogP contribution in [0.4, 0.5) is 5.69 Å². The van der Waals surface area contributed by atoms with Gasteiger partial charge >= 0.3 is 5.97 Å². The van der Waals surface area contributed by atoms with Crippen LogP contribution in [0, 0.1) is 0 Å². The van der Waals surface area contributed by atoms with E-state index < -0.39 is 11.9 Å². The smallest absolute Gasteiger partial charge is 0.310 e. The first-order valence-corrected chi connectivity index (χ1v) is 6.75. The van der Waals surface area contributed by atoms with Gasteiger partial charge in [-0.25, -0.2) is 0 Å². The minimum absolute atomic E-state index is 0.0126. The van der Waals surface area contributed by atoms with Crippen molar-refractivity contribution in [1.82, 2.24) is 0 Å². The molecule has 0 spiro atoms. The van der Waals surface area contributed by atoms with Gasteiger partial charge in [-0.1, -0.05) is 25.5 Å². The molecule has 0 aliphatic rings. The van der Waals surface area contributed by atoms with Gasteiger partial charge in [0.05, 0.1) is 5.92 Å². The molecule has 0 aromatic heterocycles. The Balaban J connectivity index is 2.53. The number of carboxylic acid groups (broad SMARTS) is 1. The van der Waals surface area contributed by atoms with Crippen LogP contribution >= 0.6 is 0 Å². The van der Waals surface area contributed by atoms with Crippen LogP contribution in [0.5, 0.6) is 0 Å². The number of nitrogens with one attached hydrogen (secondary N) is 1. The van der Waals surface area contributed by atoms with Crippen LogP contribution < -0.4 is 5.32 Å². The molecule has 1 unspecified atom stereocenters. The number of carbonyl (C=O) groups is 2. The highest BCUT2D eigenvalue weighted by Crippen LogP contribution is 2.19. The summed E-state index contributed by atoms with van der Waals surface area (Å²) in [7, 11) is 0. The van der Waals surface area contributed by atoms with Gasteiger partial charge in [0.1, 0.15) is 6.61 Å². The fraction of sp³-hybridized carbons (Fsp3) is 0.467. The number of anilines is 1. The number of aliphatic carboxylic acids is 1. The van der Waals surface area contributed by atoms with E-state index in [0.717, 1.165) is 12.8 Å². The summed E-state index contributed by atoms with van der Waals surface area (Å²) in [5.74, 6) is -1.73. The van der Waals surface area contributed by atoms with Gasteiger partial charge in [-0.2, -0.15) is 0 Å². The lowest BCUT2D eigenvalue weighted by atomic mass is 10.0. The normalized spacial score (nSPS) is 11.9. The number of rotatable bonds is 8. The third kappa shape index (κ3) is 5.40. The third-order valence-electron chi connectivity index (χ3n) is 2.92. The molecule has 0 fully saturated rings. The lowest BCUT2D eigenvalue weighted by molar-refractivity contribution is -0.138. The Hall–Kier alpha value is -1.88. The largest absolute Gasteiger partial charge is 0.481 e. The van der Waals surface area contributed by atoms with Crippen LogP contribution in [0.1, 0.15) is 38.2 Å². The molecule has 0 radical (unpaired) electrons. The molecule has 5 nitrogen and oxygen atoms in total. The Morgan fingerprint density at radius 3 is 2.80 bits per heavy atom. The maximum atomic E-state index is 11.6. The minimum Gasteiger partial charge on any atom is -0.481 e. The Bertz CT molecular complexity index is 459. The average Bonchev–Trinajstić information content (AvgIpc) is 2.43. The molecule has 0 saturated carbocycles. The molecule has 1 atom stereocenters. The fourth-order valence-electron chi connectivity index (χ4n) is 1.64. The standard InChI is InChI=1S/C15H21NO4/c1-3-4-8-20-10-14(17)16-13-7-5-6-12(9-13)11(2)15(18)19/h5-7,9,11H,3-4,8,10H2,1-2H3,(H,16,17)(H,18,19). The molecule has 0 bridgehead atoms. The van der Waals surface area contributed by atoms with Gasteiger partial charge < -0.3 is 15.2 Å². The first kappa shape index (κ1) is 16.2. The second-order valence-corrected chi connectivity index (χ2v) is 4.64. The second-order valence-electron chi connectivity index (χ2n) is 4.64. The second kappa shape index (κ2) is 8.32. The summed E-state index contributed by atoms with van der Waals surface area (Å²) >= 11 is 0. The minimum atomic E-state index is -0.892. The number of carboxylic acids is 1. The predicted molar refractivity (Wildman–Crippen MR) is 76.8 cm³/mol. The van der Waals surface area contributed by atoms with E-state index >= 15 is 0 Å². The number of unbranched alkanes of at least 4 members (excludes halogenated alkanes) is 1. The summed E-state index contributed by atoms with van der Waals surface area (Å²) < 4.78 is 5.22. The number of hydrogen-bond acceptors (Lipinski definition) is 3. The van der Waals surface area contributed by atoms with Crippen molar-refractivity contribution in [1.29, 1.82) is 0 Å². The summed E-state index contributed by atoms with van der Waals surface area (Å²) in [4.78, 5) is 22.6. The van der Waals surface area contributed by atoms with E-state index in [9.17, 15) is 9.59 Å².